The normalized spacial score (nSPS) is 17.9. The van der Waals surface area contributed by atoms with Crippen LogP contribution in [0.25, 0.3) is 0 Å². The van der Waals surface area contributed by atoms with Crippen LogP contribution in [0.2, 0.25) is 0 Å². The molecule has 1 unspecified atom stereocenters. The van der Waals surface area contributed by atoms with Crippen LogP contribution >= 0.6 is 0 Å². The smallest absolute Gasteiger partial charge is 0.126 e. The second-order valence-electron chi connectivity index (χ2n) is 10.8. The van der Waals surface area contributed by atoms with Gasteiger partial charge in [-0.25, -0.2) is 4.39 Å². The highest BCUT2D eigenvalue weighted by atomic mass is 19.1. The molecule has 5 rings (SSSR count). The quantitative estimate of drug-likeness (QED) is 0.309. The van der Waals surface area contributed by atoms with Gasteiger partial charge in [-0.05, 0) is 129 Å². The van der Waals surface area contributed by atoms with Crippen LogP contribution in [0.5, 0.6) is 11.5 Å². The zero-order chi connectivity index (χ0) is 25.6. The molecule has 196 valence electrons. The molecule has 1 aliphatic carbocycles. The van der Waals surface area contributed by atoms with Gasteiger partial charge in [0.25, 0.3) is 0 Å². The summed E-state index contributed by atoms with van der Waals surface area (Å²) in [5, 5.41) is 23.4. The number of rotatable bonds is 9. The number of hydrogen-bond donors (Lipinski definition) is 3. The molecule has 0 spiro atoms. The lowest BCUT2D eigenvalue weighted by Crippen LogP contribution is -2.30. The van der Waals surface area contributed by atoms with E-state index in [1.807, 2.05) is 24.3 Å². The highest BCUT2D eigenvalue weighted by molar-refractivity contribution is 5.57. The van der Waals surface area contributed by atoms with E-state index in [1.54, 1.807) is 24.3 Å². The minimum absolute atomic E-state index is 0.0962. The number of aryl methyl sites for hydroxylation is 2. The first-order valence-electron chi connectivity index (χ1n) is 13.9. The fourth-order valence-corrected chi connectivity index (χ4v) is 6.03. The van der Waals surface area contributed by atoms with Crippen LogP contribution in [0.3, 0.4) is 0 Å². The number of nitrogens with zero attached hydrogens (tertiary/aromatic N) is 1. The Kier molecular flexibility index (Phi) is 8.30. The monoisotopic (exact) mass is 502 g/mol. The number of hydrogen-bond acceptors (Lipinski definition) is 4. The standard InChI is InChI=1S/C32H39FN2O2/c33-31-19-23(6-7-24(31)5-4-18-35-16-2-1-3-17-35)14-15-34-32-22-29(37)12-13-30(32)27-9-8-26-21-28(36)11-10-25(26)20-27/h6-7,10-13,19,21-22,27,34,36-37H,1-5,8-9,14-18,20H2. The van der Waals surface area contributed by atoms with E-state index >= 15 is 0 Å². The predicted molar refractivity (Wildman–Crippen MR) is 148 cm³/mol. The van der Waals surface area contributed by atoms with Crippen molar-refractivity contribution in [2.24, 2.45) is 0 Å². The molecule has 1 saturated heterocycles. The van der Waals surface area contributed by atoms with Gasteiger partial charge in [0.05, 0.1) is 0 Å². The van der Waals surface area contributed by atoms with Gasteiger partial charge >= 0.3 is 0 Å². The molecule has 1 fully saturated rings. The van der Waals surface area contributed by atoms with Crippen molar-refractivity contribution in [1.29, 1.82) is 0 Å². The Balaban J connectivity index is 1.16. The number of fused-ring (bicyclic) bond motifs is 1. The van der Waals surface area contributed by atoms with E-state index in [-0.39, 0.29) is 11.6 Å². The number of benzene rings is 3. The van der Waals surface area contributed by atoms with Crippen LogP contribution in [-0.4, -0.2) is 41.3 Å². The maximum absolute atomic E-state index is 14.8. The molecule has 1 atom stereocenters. The minimum atomic E-state index is -0.0962. The summed E-state index contributed by atoms with van der Waals surface area (Å²) < 4.78 is 14.8. The molecule has 37 heavy (non-hydrogen) atoms. The third-order valence-electron chi connectivity index (χ3n) is 8.11. The fourth-order valence-electron chi connectivity index (χ4n) is 6.03. The molecule has 0 aromatic heterocycles. The van der Waals surface area contributed by atoms with Gasteiger partial charge in [0.15, 0.2) is 0 Å². The third kappa shape index (κ3) is 6.64. The van der Waals surface area contributed by atoms with Crippen LogP contribution in [-0.2, 0) is 25.7 Å². The molecule has 3 aromatic rings. The molecular formula is C32H39FN2O2. The number of phenols is 2. The molecule has 0 amide bonds. The van der Waals surface area contributed by atoms with Crippen molar-refractivity contribution in [2.75, 3.05) is 31.5 Å². The number of nitrogens with one attached hydrogen (secondary N) is 1. The zero-order valence-corrected chi connectivity index (χ0v) is 21.7. The van der Waals surface area contributed by atoms with Crippen LogP contribution in [0.1, 0.15) is 65.8 Å². The van der Waals surface area contributed by atoms with Crippen molar-refractivity contribution < 1.29 is 14.6 Å². The van der Waals surface area contributed by atoms with Crippen LogP contribution in [0, 0.1) is 5.82 Å². The van der Waals surface area contributed by atoms with Crippen LogP contribution in [0.15, 0.2) is 54.6 Å². The number of likely N-dealkylation sites (tertiary alicyclic amines) is 1. The Hall–Kier alpha value is -3.05. The summed E-state index contributed by atoms with van der Waals surface area (Å²) in [7, 11) is 0. The lowest BCUT2D eigenvalue weighted by molar-refractivity contribution is 0.226. The molecule has 1 heterocycles. The maximum Gasteiger partial charge on any atom is 0.126 e. The van der Waals surface area contributed by atoms with Gasteiger partial charge in [-0.3, -0.25) is 0 Å². The van der Waals surface area contributed by atoms with Gasteiger partial charge in [0, 0.05) is 18.3 Å². The van der Waals surface area contributed by atoms with E-state index in [0.717, 1.165) is 55.5 Å². The predicted octanol–water partition coefficient (Wildman–Crippen LogP) is 6.58. The Morgan fingerprint density at radius 2 is 1.68 bits per heavy atom. The molecule has 0 saturated carbocycles. The molecule has 0 bridgehead atoms. The van der Waals surface area contributed by atoms with E-state index in [0.29, 0.717) is 24.6 Å². The highest BCUT2D eigenvalue weighted by Gasteiger charge is 2.23. The number of phenolic OH excluding ortho intramolecular Hbond substituents is 2. The number of halogens is 1. The number of piperidine rings is 1. The number of aromatic hydroxyl groups is 2. The van der Waals surface area contributed by atoms with Crippen molar-refractivity contribution >= 4 is 5.69 Å². The van der Waals surface area contributed by atoms with Crippen molar-refractivity contribution in [2.45, 2.75) is 63.7 Å². The first kappa shape index (κ1) is 25.6. The van der Waals surface area contributed by atoms with Crippen molar-refractivity contribution in [3.05, 3.63) is 88.2 Å². The molecule has 5 heteroatoms. The summed E-state index contributed by atoms with van der Waals surface area (Å²) in [4.78, 5) is 2.51. The van der Waals surface area contributed by atoms with E-state index < -0.39 is 0 Å². The summed E-state index contributed by atoms with van der Waals surface area (Å²) in [5.41, 5.74) is 6.45. The van der Waals surface area contributed by atoms with Crippen LogP contribution < -0.4 is 5.32 Å². The maximum atomic E-state index is 14.8. The molecule has 4 nitrogen and oxygen atoms in total. The molecule has 2 aliphatic rings. The SMILES string of the molecule is Oc1ccc2c(c1)CCC(c1ccc(O)cc1NCCc1ccc(CCCN3CCCCC3)c(F)c1)C2. The molecule has 3 aromatic carbocycles. The molecular weight excluding hydrogens is 463 g/mol. The summed E-state index contributed by atoms with van der Waals surface area (Å²) >= 11 is 0. The van der Waals surface area contributed by atoms with E-state index in [2.05, 4.69) is 16.3 Å². The average Bonchev–Trinajstić information content (AvgIpc) is 2.90. The number of anilines is 1. The first-order valence-corrected chi connectivity index (χ1v) is 13.9. The van der Waals surface area contributed by atoms with E-state index in [1.165, 1.54) is 49.0 Å². The summed E-state index contributed by atoms with van der Waals surface area (Å²) in [5.74, 6) is 0.821. The van der Waals surface area contributed by atoms with Crippen LogP contribution in [0.4, 0.5) is 10.1 Å². The fraction of sp³-hybridized carbons (Fsp3) is 0.438. The Labute approximate surface area is 220 Å². The topological polar surface area (TPSA) is 55.7 Å². The summed E-state index contributed by atoms with van der Waals surface area (Å²) in [6.45, 7) is 4.11. The summed E-state index contributed by atoms with van der Waals surface area (Å²) in [6, 6.07) is 16.9. The third-order valence-corrected chi connectivity index (χ3v) is 8.11. The van der Waals surface area contributed by atoms with Gasteiger partial charge in [-0.2, -0.15) is 0 Å². The minimum Gasteiger partial charge on any atom is -0.508 e. The van der Waals surface area contributed by atoms with Gasteiger partial charge in [0.1, 0.15) is 17.3 Å². The van der Waals surface area contributed by atoms with Gasteiger partial charge < -0.3 is 20.4 Å². The average molecular weight is 503 g/mol. The summed E-state index contributed by atoms with van der Waals surface area (Å²) in [6.07, 6.45) is 9.28. The Morgan fingerprint density at radius 1 is 0.865 bits per heavy atom. The van der Waals surface area contributed by atoms with Crippen molar-refractivity contribution in [3.63, 3.8) is 0 Å². The molecule has 0 radical (unpaired) electrons. The Morgan fingerprint density at radius 3 is 2.51 bits per heavy atom. The molecule has 3 N–H and O–H groups in total. The van der Waals surface area contributed by atoms with Gasteiger partial charge in [-0.1, -0.05) is 30.7 Å². The van der Waals surface area contributed by atoms with E-state index in [4.69, 9.17) is 0 Å². The van der Waals surface area contributed by atoms with Gasteiger partial charge in [0.2, 0.25) is 0 Å². The zero-order valence-electron chi connectivity index (χ0n) is 21.7. The second kappa shape index (κ2) is 12.0. The van der Waals surface area contributed by atoms with Crippen molar-refractivity contribution in [1.82, 2.24) is 4.90 Å². The lowest BCUT2D eigenvalue weighted by atomic mass is 9.79. The second-order valence-corrected chi connectivity index (χ2v) is 10.8. The first-order chi connectivity index (χ1) is 18.0. The molecule has 1 aliphatic heterocycles. The van der Waals surface area contributed by atoms with E-state index in [9.17, 15) is 14.6 Å². The Bertz CT molecular complexity index is 1210. The lowest BCUT2D eigenvalue weighted by Gasteiger charge is -2.27. The largest absolute Gasteiger partial charge is 0.508 e. The highest BCUT2D eigenvalue weighted by Crippen LogP contribution is 2.38. The van der Waals surface area contributed by atoms with Gasteiger partial charge in [-0.15, -0.1) is 0 Å². The van der Waals surface area contributed by atoms with Crippen molar-refractivity contribution in [3.8, 4) is 11.5 Å².